The van der Waals surface area contributed by atoms with Crippen molar-refractivity contribution in [2.45, 2.75) is 51.0 Å². The Labute approximate surface area is 160 Å². The van der Waals surface area contributed by atoms with Crippen molar-refractivity contribution < 1.29 is 9.59 Å². The summed E-state index contributed by atoms with van der Waals surface area (Å²) < 4.78 is 0. The molecule has 3 amide bonds. The SMILES string of the molecule is O=C(NCCC(=O)N1CCCCCC1)N[C@@H]1CCCN(c2ncccn2)C1. The van der Waals surface area contributed by atoms with Crippen molar-refractivity contribution >= 4 is 17.9 Å². The first-order valence-corrected chi connectivity index (χ1v) is 10.1. The van der Waals surface area contributed by atoms with Gasteiger partial charge in [-0.05, 0) is 31.7 Å². The maximum absolute atomic E-state index is 12.3. The van der Waals surface area contributed by atoms with Crippen LogP contribution in [0.4, 0.5) is 10.7 Å². The van der Waals surface area contributed by atoms with E-state index in [1.54, 1.807) is 18.5 Å². The Morgan fingerprint density at radius 1 is 1.04 bits per heavy atom. The Hall–Kier alpha value is -2.38. The van der Waals surface area contributed by atoms with E-state index in [0.29, 0.717) is 25.5 Å². The van der Waals surface area contributed by atoms with E-state index in [4.69, 9.17) is 0 Å². The number of carbonyl (C=O) groups excluding carboxylic acids is 2. The van der Waals surface area contributed by atoms with Gasteiger partial charge in [0.1, 0.15) is 0 Å². The summed E-state index contributed by atoms with van der Waals surface area (Å²) in [6.45, 7) is 3.67. The van der Waals surface area contributed by atoms with Crippen LogP contribution in [-0.2, 0) is 4.79 Å². The van der Waals surface area contributed by atoms with Crippen LogP contribution in [0.1, 0.15) is 44.9 Å². The lowest BCUT2D eigenvalue weighted by atomic mass is 10.1. The van der Waals surface area contributed by atoms with Crippen molar-refractivity contribution in [2.75, 3.05) is 37.6 Å². The van der Waals surface area contributed by atoms with Crippen LogP contribution in [0.5, 0.6) is 0 Å². The van der Waals surface area contributed by atoms with Crippen molar-refractivity contribution in [3.05, 3.63) is 18.5 Å². The maximum atomic E-state index is 12.3. The van der Waals surface area contributed by atoms with Crippen LogP contribution in [0.25, 0.3) is 0 Å². The number of hydrogen-bond donors (Lipinski definition) is 2. The maximum Gasteiger partial charge on any atom is 0.315 e. The lowest BCUT2D eigenvalue weighted by molar-refractivity contribution is -0.131. The highest BCUT2D eigenvalue weighted by molar-refractivity contribution is 5.78. The highest BCUT2D eigenvalue weighted by Crippen LogP contribution is 2.15. The van der Waals surface area contributed by atoms with Crippen molar-refractivity contribution in [1.29, 1.82) is 0 Å². The fourth-order valence-electron chi connectivity index (χ4n) is 3.73. The predicted octanol–water partition coefficient (Wildman–Crippen LogP) is 1.54. The summed E-state index contributed by atoms with van der Waals surface area (Å²) in [6.07, 6.45) is 10.3. The lowest BCUT2D eigenvalue weighted by Gasteiger charge is -2.33. The third-order valence-corrected chi connectivity index (χ3v) is 5.17. The number of hydrogen-bond acceptors (Lipinski definition) is 5. The molecule has 0 radical (unpaired) electrons. The zero-order valence-electron chi connectivity index (χ0n) is 15.9. The van der Waals surface area contributed by atoms with E-state index >= 15 is 0 Å². The van der Waals surface area contributed by atoms with Crippen molar-refractivity contribution in [2.24, 2.45) is 0 Å². The van der Waals surface area contributed by atoms with E-state index in [0.717, 1.165) is 45.3 Å². The molecule has 8 heteroatoms. The van der Waals surface area contributed by atoms with Crippen molar-refractivity contribution in [1.82, 2.24) is 25.5 Å². The molecule has 2 saturated heterocycles. The van der Waals surface area contributed by atoms with Crippen LogP contribution in [0.15, 0.2) is 18.5 Å². The average molecular weight is 374 g/mol. The van der Waals surface area contributed by atoms with Crippen molar-refractivity contribution in [3.8, 4) is 0 Å². The Bertz CT molecular complexity index is 603. The molecule has 27 heavy (non-hydrogen) atoms. The second-order valence-corrected chi connectivity index (χ2v) is 7.28. The minimum Gasteiger partial charge on any atom is -0.343 e. The van der Waals surface area contributed by atoms with Crippen LogP contribution in [0.3, 0.4) is 0 Å². The lowest BCUT2D eigenvalue weighted by Crippen LogP contribution is -2.51. The van der Waals surface area contributed by atoms with Gasteiger partial charge in [-0.15, -0.1) is 0 Å². The molecule has 3 heterocycles. The number of nitrogens with one attached hydrogen (secondary N) is 2. The zero-order valence-corrected chi connectivity index (χ0v) is 15.9. The normalized spacial score (nSPS) is 20.7. The molecule has 2 fully saturated rings. The van der Waals surface area contributed by atoms with Gasteiger partial charge in [-0.3, -0.25) is 4.79 Å². The smallest absolute Gasteiger partial charge is 0.315 e. The molecule has 148 valence electrons. The van der Waals surface area contributed by atoms with E-state index in [1.165, 1.54) is 12.8 Å². The molecule has 2 N–H and O–H groups in total. The molecule has 0 aliphatic carbocycles. The van der Waals surface area contributed by atoms with Crippen molar-refractivity contribution in [3.63, 3.8) is 0 Å². The molecule has 1 aromatic rings. The fraction of sp³-hybridized carbons (Fsp3) is 0.684. The Morgan fingerprint density at radius 3 is 2.52 bits per heavy atom. The van der Waals surface area contributed by atoms with E-state index in [-0.39, 0.29) is 18.0 Å². The van der Waals surface area contributed by atoms with Gasteiger partial charge in [0.25, 0.3) is 0 Å². The minimum atomic E-state index is -0.209. The fourth-order valence-corrected chi connectivity index (χ4v) is 3.73. The van der Waals surface area contributed by atoms with Crippen LogP contribution in [0.2, 0.25) is 0 Å². The largest absolute Gasteiger partial charge is 0.343 e. The molecule has 0 spiro atoms. The number of anilines is 1. The topological polar surface area (TPSA) is 90.5 Å². The quantitative estimate of drug-likeness (QED) is 0.816. The third kappa shape index (κ3) is 6.08. The number of urea groups is 1. The summed E-state index contributed by atoms with van der Waals surface area (Å²) >= 11 is 0. The summed E-state index contributed by atoms with van der Waals surface area (Å²) in [5.41, 5.74) is 0. The molecule has 2 aliphatic rings. The first kappa shape index (κ1) is 19.4. The van der Waals surface area contributed by atoms with Gasteiger partial charge in [0.05, 0.1) is 0 Å². The average Bonchev–Trinajstić information content (AvgIpc) is 2.98. The standard InChI is InChI=1S/C19H30N6O2/c26-17(24-12-3-1-2-4-13-24)8-11-22-19(27)23-16-7-5-14-25(15-16)18-20-9-6-10-21-18/h6,9-10,16H,1-5,7-8,11-15H2,(H2,22,23,27)/t16-/m1/s1. The number of piperidine rings is 1. The molecule has 1 aromatic heterocycles. The molecule has 0 aromatic carbocycles. The summed E-state index contributed by atoms with van der Waals surface area (Å²) in [5, 5.41) is 5.83. The second kappa shape index (κ2) is 10.1. The number of rotatable bonds is 5. The van der Waals surface area contributed by atoms with E-state index in [1.807, 2.05) is 4.90 Å². The second-order valence-electron chi connectivity index (χ2n) is 7.28. The minimum absolute atomic E-state index is 0.0591. The number of amides is 3. The summed E-state index contributed by atoms with van der Waals surface area (Å²) in [5.74, 6) is 0.842. The number of nitrogens with zero attached hydrogens (tertiary/aromatic N) is 4. The van der Waals surface area contributed by atoms with Crippen LogP contribution >= 0.6 is 0 Å². The first-order chi connectivity index (χ1) is 13.2. The predicted molar refractivity (Wildman–Crippen MR) is 103 cm³/mol. The van der Waals surface area contributed by atoms with Gasteiger partial charge >= 0.3 is 6.03 Å². The van der Waals surface area contributed by atoms with E-state index < -0.39 is 0 Å². The molecule has 8 nitrogen and oxygen atoms in total. The van der Waals surface area contributed by atoms with Gasteiger partial charge in [-0.25, -0.2) is 14.8 Å². The third-order valence-electron chi connectivity index (χ3n) is 5.17. The van der Waals surface area contributed by atoms with Gasteiger partial charge in [0, 0.05) is 57.6 Å². The Balaban J connectivity index is 1.37. The van der Waals surface area contributed by atoms with Gasteiger partial charge in [-0.2, -0.15) is 0 Å². The van der Waals surface area contributed by atoms with E-state index in [9.17, 15) is 9.59 Å². The van der Waals surface area contributed by atoms with Gasteiger partial charge < -0.3 is 20.4 Å². The summed E-state index contributed by atoms with van der Waals surface area (Å²) in [7, 11) is 0. The van der Waals surface area contributed by atoms with Gasteiger partial charge in [0.2, 0.25) is 11.9 Å². The monoisotopic (exact) mass is 374 g/mol. The van der Waals surface area contributed by atoms with Crippen LogP contribution < -0.4 is 15.5 Å². The summed E-state index contributed by atoms with van der Waals surface area (Å²) in [4.78, 5) is 37.0. The Kier molecular flexibility index (Phi) is 7.24. The first-order valence-electron chi connectivity index (χ1n) is 10.1. The molecule has 0 unspecified atom stereocenters. The molecule has 3 rings (SSSR count). The molecule has 0 saturated carbocycles. The highest BCUT2D eigenvalue weighted by Gasteiger charge is 2.23. The summed E-state index contributed by atoms with van der Waals surface area (Å²) in [6, 6.07) is 1.65. The van der Waals surface area contributed by atoms with Gasteiger partial charge in [0.15, 0.2) is 0 Å². The number of carbonyl (C=O) groups is 2. The molecule has 2 aliphatic heterocycles. The Morgan fingerprint density at radius 2 is 1.78 bits per heavy atom. The zero-order chi connectivity index (χ0) is 18.9. The van der Waals surface area contributed by atoms with Gasteiger partial charge in [-0.1, -0.05) is 12.8 Å². The van der Waals surface area contributed by atoms with E-state index in [2.05, 4.69) is 25.5 Å². The number of aromatic nitrogens is 2. The molecule has 1 atom stereocenters. The molecular formula is C19H30N6O2. The van der Waals surface area contributed by atoms with Crippen LogP contribution in [0, 0.1) is 0 Å². The highest BCUT2D eigenvalue weighted by atomic mass is 16.2. The number of likely N-dealkylation sites (tertiary alicyclic amines) is 1. The molecule has 0 bridgehead atoms. The van der Waals surface area contributed by atoms with Crippen LogP contribution in [-0.4, -0.2) is 65.6 Å². The molecular weight excluding hydrogens is 344 g/mol.